The minimum absolute atomic E-state index is 0.237. The van der Waals surface area contributed by atoms with E-state index in [4.69, 9.17) is 10.5 Å². The largest absolute Gasteiger partial charge is 0.462 e. The summed E-state index contributed by atoms with van der Waals surface area (Å²) in [5.74, 6) is 0.160. The Morgan fingerprint density at radius 1 is 1.00 bits per heavy atom. The van der Waals surface area contributed by atoms with Gasteiger partial charge in [-0.05, 0) is 37.6 Å². The number of carbonyl (C=O) groups is 2. The predicted octanol–water partition coefficient (Wildman–Crippen LogP) is 2.90. The molecular weight excluding hydrogens is 408 g/mol. The molecule has 2 aromatic heterocycles. The highest BCUT2D eigenvalue weighted by Gasteiger charge is 2.22. The number of ether oxygens (including phenoxy) is 1. The number of rotatable bonds is 10. The summed E-state index contributed by atoms with van der Waals surface area (Å²) in [6.45, 7) is 5.04. The van der Waals surface area contributed by atoms with Gasteiger partial charge in [0.05, 0.1) is 18.0 Å². The van der Waals surface area contributed by atoms with Crippen LogP contribution in [0.1, 0.15) is 40.3 Å². The van der Waals surface area contributed by atoms with E-state index < -0.39 is 11.9 Å². The number of primary amides is 1. The van der Waals surface area contributed by atoms with E-state index >= 15 is 0 Å². The van der Waals surface area contributed by atoms with E-state index in [9.17, 15) is 9.59 Å². The number of carbonyl (C=O) groups excluding carboxylic acids is 2. The predicted molar refractivity (Wildman–Crippen MR) is 123 cm³/mol. The maximum atomic E-state index is 12.7. The van der Waals surface area contributed by atoms with E-state index in [1.807, 2.05) is 25.1 Å². The lowest BCUT2D eigenvalue weighted by molar-refractivity contribution is 0.0525. The lowest BCUT2D eigenvalue weighted by Gasteiger charge is -2.15. The molecule has 0 unspecified atom stereocenters. The Morgan fingerprint density at radius 3 is 2.38 bits per heavy atom. The highest BCUT2D eigenvalue weighted by Crippen LogP contribution is 2.27. The zero-order valence-electron chi connectivity index (χ0n) is 18.1. The Bertz CT molecular complexity index is 1070. The second-order valence-electron chi connectivity index (χ2n) is 6.80. The zero-order valence-corrected chi connectivity index (χ0v) is 18.1. The molecule has 0 fully saturated rings. The smallest absolute Gasteiger partial charge is 0.342 e. The molecule has 0 radical (unpaired) electrons. The topological polar surface area (TPSA) is 132 Å². The molecule has 0 saturated heterocycles. The summed E-state index contributed by atoms with van der Waals surface area (Å²) < 4.78 is 5.25. The second-order valence-corrected chi connectivity index (χ2v) is 6.80. The minimum Gasteiger partial charge on any atom is -0.462 e. The third kappa shape index (κ3) is 5.57. The van der Waals surface area contributed by atoms with E-state index in [0.717, 1.165) is 5.82 Å². The first-order chi connectivity index (χ1) is 15.5. The van der Waals surface area contributed by atoms with Gasteiger partial charge in [-0.1, -0.05) is 25.1 Å². The van der Waals surface area contributed by atoms with Gasteiger partial charge in [0.2, 0.25) is 11.9 Å². The fourth-order valence-electron chi connectivity index (χ4n) is 3.09. The summed E-state index contributed by atoms with van der Waals surface area (Å²) in [5.41, 5.74) is 7.70. The SMILES string of the molecule is CCOC(=O)c1c(CC)nc(NCCNc2ccccn2)nc1-c1ccc(C(N)=O)cc1. The summed E-state index contributed by atoms with van der Waals surface area (Å²) in [6, 6.07) is 12.3. The van der Waals surface area contributed by atoms with E-state index in [-0.39, 0.29) is 6.61 Å². The van der Waals surface area contributed by atoms with Crippen LogP contribution in [-0.2, 0) is 11.2 Å². The number of esters is 1. The molecule has 3 rings (SSSR count). The van der Waals surface area contributed by atoms with Crippen molar-refractivity contribution in [1.29, 1.82) is 0 Å². The lowest BCUT2D eigenvalue weighted by atomic mass is 10.0. The summed E-state index contributed by atoms with van der Waals surface area (Å²) >= 11 is 0. The number of aromatic nitrogens is 3. The van der Waals surface area contributed by atoms with Gasteiger partial charge >= 0.3 is 5.97 Å². The van der Waals surface area contributed by atoms with Crippen molar-refractivity contribution in [3.05, 3.63) is 65.5 Å². The van der Waals surface area contributed by atoms with Gasteiger partial charge in [-0.25, -0.2) is 19.7 Å². The van der Waals surface area contributed by atoms with Crippen molar-refractivity contribution >= 4 is 23.6 Å². The third-order valence-electron chi connectivity index (χ3n) is 4.62. The van der Waals surface area contributed by atoms with E-state index in [1.54, 1.807) is 37.4 Å². The molecule has 1 amide bonds. The van der Waals surface area contributed by atoms with Gasteiger partial charge in [0, 0.05) is 30.4 Å². The Labute approximate surface area is 186 Å². The molecule has 0 aliphatic carbocycles. The van der Waals surface area contributed by atoms with Crippen molar-refractivity contribution in [2.24, 2.45) is 5.73 Å². The van der Waals surface area contributed by atoms with Crippen LogP contribution in [0, 0.1) is 0 Å². The summed E-state index contributed by atoms with van der Waals surface area (Å²) in [7, 11) is 0. The van der Waals surface area contributed by atoms with Crippen LogP contribution in [0.3, 0.4) is 0 Å². The molecule has 1 aromatic carbocycles. The molecule has 32 heavy (non-hydrogen) atoms. The lowest BCUT2D eigenvalue weighted by Crippen LogP contribution is -2.19. The van der Waals surface area contributed by atoms with Crippen molar-refractivity contribution in [1.82, 2.24) is 15.0 Å². The molecule has 0 aliphatic rings. The summed E-state index contributed by atoms with van der Waals surface area (Å²) in [6.07, 6.45) is 2.24. The van der Waals surface area contributed by atoms with Crippen LogP contribution < -0.4 is 16.4 Å². The van der Waals surface area contributed by atoms with Gasteiger partial charge < -0.3 is 21.1 Å². The van der Waals surface area contributed by atoms with Crippen LogP contribution in [0.4, 0.5) is 11.8 Å². The monoisotopic (exact) mass is 434 g/mol. The van der Waals surface area contributed by atoms with E-state index in [2.05, 4.69) is 25.6 Å². The first-order valence-corrected chi connectivity index (χ1v) is 10.4. The second kappa shape index (κ2) is 10.9. The molecular formula is C23H26N6O3. The Hall–Kier alpha value is -4.01. The number of hydrogen-bond donors (Lipinski definition) is 3. The number of benzene rings is 1. The molecule has 0 atom stereocenters. The first kappa shape index (κ1) is 22.7. The minimum atomic E-state index is -0.526. The Kier molecular flexibility index (Phi) is 7.69. The van der Waals surface area contributed by atoms with Crippen molar-refractivity contribution in [2.75, 3.05) is 30.3 Å². The highest BCUT2D eigenvalue weighted by molar-refractivity contribution is 5.98. The van der Waals surface area contributed by atoms with Gasteiger partial charge in [0.25, 0.3) is 0 Å². The molecule has 9 nitrogen and oxygen atoms in total. The van der Waals surface area contributed by atoms with Crippen molar-refractivity contribution in [2.45, 2.75) is 20.3 Å². The van der Waals surface area contributed by atoms with Crippen LogP contribution >= 0.6 is 0 Å². The number of nitrogens with two attached hydrogens (primary N) is 1. The van der Waals surface area contributed by atoms with Crippen molar-refractivity contribution < 1.29 is 14.3 Å². The average Bonchev–Trinajstić information content (AvgIpc) is 2.82. The third-order valence-corrected chi connectivity index (χ3v) is 4.62. The number of hydrogen-bond acceptors (Lipinski definition) is 8. The zero-order chi connectivity index (χ0) is 22.9. The fourth-order valence-corrected chi connectivity index (χ4v) is 3.09. The number of aryl methyl sites for hydroxylation is 1. The van der Waals surface area contributed by atoms with Gasteiger partial charge in [-0.2, -0.15) is 0 Å². The number of anilines is 2. The van der Waals surface area contributed by atoms with Crippen molar-refractivity contribution in [3.63, 3.8) is 0 Å². The van der Waals surface area contributed by atoms with Crippen LogP contribution in [-0.4, -0.2) is 46.5 Å². The number of pyridine rings is 1. The highest BCUT2D eigenvalue weighted by atomic mass is 16.5. The standard InChI is InChI=1S/C23H26N6O3/c1-3-17-19(22(31)32-4-2)20(15-8-10-16(11-9-15)21(24)30)29-23(28-17)27-14-13-26-18-7-5-6-12-25-18/h5-12H,3-4,13-14H2,1-2H3,(H2,24,30)(H,25,26)(H,27,28,29). The molecule has 4 N–H and O–H groups in total. The van der Waals surface area contributed by atoms with Gasteiger partial charge in [-0.15, -0.1) is 0 Å². The molecule has 0 saturated carbocycles. The van der Waals surface area contributed by atoms with Crippen molar-refractivity contribution in [3.8, 4) is 11.3 Å². The van der Waals surface area contributed by atoms with Gasteiger partial charge in [0.15, 0.2) is 0 Å². The summed E-state index contributed by atoms with van der Waals surface area (Å²) in [5, 5.41) is 6.39. The van der Waals surface area contributed by atoms with Crippen LogP contribution in [0.2, 0.25) is 0 Å². The maximum absolute atomic E-state index is 12.7. The summed E-state index contributed by atoms with van der Waals surface area (Å²) in [4.78, 5) is 37.5. The molecule has 3 aromatic rings. The average molecular weight is 435 g/mol. The van der Waals surface area contributed by atoms with Crippen LogP contribution in [0.15, 0.2) is 48.7 Å². The number of amides is 1. The first-order valence-electron chi connectivity index (χ1n) is 10.4. The molecule has 166 valence electrons. The quantitative estimate of drug-likeness (QED) is 0.328. The van der Waals surface area contributed by atoms with E-state index in [1.165, 1.54) is 0 Å². The van der Waals surface area contributed by atoms with Crippen LogP contribution in [0.5, 0.6) is 0 Å². The van der Waals surface area contributed by atoms with Gasteiger partial charge in [-0.3, -0.25) is 4.79 Å². The van der Waals surface area contributed by atoms with Gasteiger partial charge in [0.1, 0.15) is 11.4 Å². The Balaban J connectivity index is 1.89. The fraction of sp³-hybridized carbons (Fsp3) is 0.261. The maximum Gasteiger partial charge on any atom is 0.342 e. The normalized spacial score (nSPS) is 10.4. The Morgan fingerprint density at radius 2 is 1.75 bits per heavy atom. The molecule has 9 heteroatoms. The molecule has 2 heterocycles. The molecule has 0 bridgehead atoms. The molecule has 0 aliphatic heterocycles. The number of nitrogens with zero attached hydrogens (tertiary/aromatic N) is 3. The molecule has 0 spiro atoms. The van der Waals surface area contributed by atoms with E-state index in [0.29, 0.717) is 53.5 Å². The number of nitrogens with one attached hydrogen (secondary N) is 2. The van der Waals surface area contributed by atoms with Crippen LogP contribution in [0.25, 0.3) is 11.3 Å².